The molecule has 0 saturated carbocycles. The van der Waals surface area contributed by atoms with Crippen molar-refractivity contribution in [3.8, 4) is 5.75 Å². The lowest BCUT2D eigenvalue weighted by Crippen LogP contribution is -2.35. The average molecular weight is 588 g/mol. The highest BCUT2D eigenvalue weighted by Gasteiger charge is 2.23. The number of rotatable bonds is 18. The zero-order valence-corrected chi connectivity index (χ0v) is 25.8. The Morgan fingerprint density at radius 1 is 1.10 bits per heavy atom. The molecule has 0 bridgehead atoms. The summed E-state index contributed by atoms with van der Waals surface area (Å²) >= 11 is 0. The van der Waals surface area contributed by atoms with Crippen molar-refractivity contribution < 1.29 is 43.2 Å². The van der Waals surface area contributed by atoms with Crippen molar-refractivity contribution in [3.63, 3.8) is 0 Å². The molecule has 10 heteroatoms. The third kappa shape index (κ3) is 13.3. The van der Waals surface area contributed by atoms with Gasteiger partial charge in [0.15, 0.2) is 12.0 Å². The maximum absolute atomic E-state index is 12.7. The molecule has 0 aliphatic rings. The predicted molar refractivity (Wildman–Crippen MR) is 161 cm³/mol. The van der Waals surface area contributed by atoms with Crippen LogP contribution in [-0.2, 0) is 28.5 Å². The van der Waals surface area contributed by atoms with E-state index in [1.54, 1.807) is 25.2 Å². The van der Waals surface area contributed by atoms with Crippen LogP contribution in [0.4, 0.5) is 5.69 Å². The summed E-state index contributed by atoms with van der Waals surface area (Å²) in [7, 11) is 1.24. The molecule has 1 amide bonds. The minimum atomic E-state index is -1.11. The summed E-state index contributed by atoms with van der Waals surface area (Å²) in [6.07, 6.45) is 6.67. The summed E-state index contributed by atoms with van der Waals surface area (Å²) in [4.78, 5) is 38.7. The second-order valence-electron chi connectivity index (χ2n) is 9.94. The van der Waals surface area contributed by atoms with E-state index in [1.807, 2.05) is 33.8 Å². The first-order valence-corrected chi connectivity index (χ1v) is 13.8. The molecule has 1 unspecified atom stereocenters. The lowest BCUT2D eigenvalue weighted by atomic mass is 10.1. The molecule has 1 aromatic carbocycles. The lowest BCUT2D eigenvalue weighted by Gasteiger charge is -2.24. The van der Waals surface area contributed by atoms with Crippen molar-refractivity contribution in [2.75, 3.05) is 45.0 Å². The number of benzene rings is 1. The Morgan fingerprint density at radius 3 is 2.40 bits per heavy atom. The third-order valence-corrected chi connectivity index (χ3v) is 5.58. The first-order valence-electron chi connectivity index (χ1n) is 13.8. The summed E-state index contributed by atoms with van der Waals surface area (Å²) in [6, 6.07) is 4.42. The maximum atomic E-state index is 12.7. The van der Waals surface area contributed by atoms with Gasteiger partial charge in [0.2, 0.25) is 5.91 Å². The monoisotopic (exact) mass is 587 g/mol. The number of aliphatic hydroxyl groups is 1. The van der Waals surface area contributed by atoms with Crippen molar-refractivity contribution >= 4 is 23.5 Å². The van der Waals surface area contributed by atoms with E-state index in [2.05, 4.69) is 6.58 Å². The van der Waals surface area contributed by atoms with Crippen LogP contribution in [0.1, 0.15) is 58.3 Å². The van der Waals surface area contributed by atoms with E-state index >= 15 is 0 Å². The molecule has 1 aromatic rings. The predicted octanol–water partition coefficient (Wildman–Crippen LogP) is 5.13. The molecule has 1 atom stereocenters. The van der Waals surface area contributed by atoms with Crippen LogP contribution in [0.2, 0.25) is 0 Å². The molecule has 1 rings (SSSR count). The van der Waals surface area contributed by atoms with E-state index in [0.29, 0.717) is 17.9 Å². The Kier molecular flexibility index (Phi) is 16.8. The van der Waals surface area contributed by atoms with Crippen molar-refractivity contribution in [1.82, 2.24) is 0 Å². The first kappa shape index (κ1) is 36.3. The molecule has 0 aromatic heterocycles. The number of esters is 2. The largest absolute Gasteiger partial charge is 0.465 e. The number of methoxy groups -OCH3 is 1. The average Bonchev–Trinajstić information content (AvgIpc) is 2.95. The van der Waals surface area contributed by atoms with Gasteiger partial charge in [-0.25, -0.2) is 4.79 Å². The van der Waals surface area contributed by atoms with Gasteiger partial charge < -0.3 is 28.8 Å². The van der Waals surface area contributed by atoms with Gasteiger partial charge in [-0.05, 0) is 56.0 Å². The molecular formula is C32H45NO9. The molecule has 10 nitrogen and oxygen atoms in total. The van der Waals surface area contributed by atoms with E-state index in [1.165, 1.54) is 37.1 Å². The highest BCUT2D eigenvalue weighted by molar-refractivity contribution is 5.99. The number of ether oxygens (including phenoxy) is 5. The number of nitrogens with zero attached hydrogens (tertiary/aromatic N) is 1. The van der Waals surface area contributed by atoms with E-state index < -0.39 is 30.7 Å². The molecule has 0 fully saturated rings. The van der Waals surface area contributed by atoms with Gasteiger partial charge in [0, 0.05) is 6.92 Å². The van der Waals surface area contributed by atoms with Crippen molar-refractivity contribution in [2.24, 2.45) is 5.92 Å². The molecule has 0 aliphatic carbocycles. The smallest absolute Gasteiger partial charge is 0.337 e. The van der Waals surface area contributed by atoms with Crippen molar-refractivity contribution in [2.45, 2.75) is 54.3 Å². The van der Waals surface area contributed by atoms with Crippen LogP contribution >= 0.6 is 0 Å². The summed E-state index contributed by atoms with van der Waals surface area (Å²) in [5, 5.41) is 10.1. The molecular weight excluding hydrogens is 542 g/mol. The molecule has 232 valence electrons. The normalized spacial score (nSPS) is 13.0. The Balaban J connectivity index is 3.30. The van der Waals surface area contributed by atoms with E-state index in [4.69, 9.17) is 23.7 Å². The Bertz CT molecular complexity index is 1150. The quantitative estimate of drug-likeness (QED) is 0.0819. The molecule has 0 radical (unpaired) electrons. The minimum Gasteiger partial charge on any atom is -0.465 e. The second-order valence-corrected chi connectivity index (χ2v) is 9.94. The fourth-order valence-corrected chi connectivity index (χ4v) is 3.46. The molecule has 0 aliphatic heterocycles. The van der Waals surface area contributed by atoms with Crippen LogP contribution in [0.15, 0.2) is 66.0 Å². The minimum absolute atomic E-state index is 0.0646. The van der Waals surface area contributed by atoms with Gasteiger partial charge in [-0.3, -0.25) is 14.5 Å². The van der Waals surface area contributed by atoms with Gasteiger partial charge in [-0.1, -0.05) is 51.2 Å². The summed E-state index contributed by atoms with van der Waals surface area (Å²) in [5.74, 6) is -1.02. The van der Waals surface area contributed by atoms with Gasteiger partial charge in [0.25, 0.3) is 0 Å². The highest BCUT2D eigenvalue weighted by atomic mass is 16.6. The number of allylic oxidation sites excluding steroid dienone is 4. The zero-order valence-electron chi connectivity index (χ0n) is 25.8. The topological polar surface area (TPSA) is 121 Å². The van der Waals surface area contributed by atoms with Crippen molar-refractivity contribution in [3.05, 3.63) is 71.6 Å². The standard InChI is InChI=1S/C32H45NO9/c1-9-11-13-28(24(6)20-39-21-31(36)41-19-23(5)12-10-2)42-29-15-14-26(32(37)38-8)16-27(29)33(25(7)34)17-30(35)40-18-22(3)4/h9,11-16,22,31,36H,1,10,17-21H2,2-8H3/b13-11-,23-12+,28-24+. The Labute approximate surface area is 249 Å². The van der Waals surface area contributed by atoms with E-state index in [0.717, 1.165) is 12.0 Å². The fourth-order valence-electron chi connectivity index (χ4n) is 3.46. The van der Waals surface area contributed by atoms with E-state index in [-0.39, 0.29) is 42.7 Å². The Morgan fingerprint density at radius 2 is 1.81 bits per heavy atom. The number of hydrogen-bond donors (Lipinski definition) is 1. The van der Waals surface area contributed by atoms with Gasteiger partial charge in [-0.2, -0.15) is 0 Å². The summed E-state index contributed by atoms with van der Waals surface area (Å²) in [6.45, 7) is 14.6. The van der Waals surface area contributed by atoms with Gasteiger partial charge in [-0.15, -0.1) is 0 Å². The van der Waals surface area contributed by atoms with Gasteiger partial charge in [0.1, 0.15) is 12.3 Å². The molecule has 0 heterocycles. The van der Waals surface area contributed by atoms with Gasteiger partial charge >= 0.3 is 11.9 Å². The fraction of sp³-hybridized carbons (Fsp3) is 0.469. The summed E-state index contributed by atoms with van der Waals surface area (Å²) < 4.78 is 27.4. The maximum Gasteiger partial charge on any atom is 0.337 e. The Hall–Kier alpha value is -3.73. The SMILES string of the molecule is C=C/C=C\C(Oc1ccc(C(=O)OC)cc1N(CC(=O)OCC(C)C)C(C)=O)=C(\C)COCC(O)OC/C(C)=C/CC. The number of carbonyl (C=O) groups is 3. The molecule has 42 heavy (non-hydrogen) atoms. The molecule has 0 spiro atoms. The third-order valence-electron chi connectivity index (χ3n) is 5.58. The van der Waals surface area contributed by atoms with Crippen LogP contribution in [0.5, 0.6) is 5.75 Å². The van der Waals surface area contributed by atoms with Crippen LogP contribution < -0.4 is 9.64 Å². The molecule has 1 N–H and O–H groups in total. The number of amides is 1. The second kappa shape index (κ2) is 19.4. The molecule has 0 saturated heterocycles. The zero-order chi connectivity index (χ0) is 31.7. The highest BCUT2D eigenvalue weighted by Crippen LogP contribution is 2.33. The summed E-state index contributed by atoms with van der Waals surface area (Å²) in [5.41, 5.74) is 1.99. The van der Waals surface area contributed by atoms with Crippen LogP contribution in [-0.4, -0.2) is 69.3 Å². The number of anilines is 1. The number of hydrogen-bond acceptors (Lipinski definition) is 9. The van der Waals surface area contributed by atoms with Gasteiger partial charge in [0.05, 0.1) is 44.8 Å². The number of aliphatic hydroxyl groups excluding tert-OH is 1. The van der Waals surface area contributed by atoms with Crippen LogP contribution in [0.25, 0.3) is 0 Å². The van der Waals surface area contributed by atoms with Crippen LogP contribution in [0, 0.1) is 5.92 Å². The lowest BCUT2D eigenvalue weighted by molar-refractivity contribution is -0.143. The number of carbonyl (C=O) groups excluding carboxylic acids is 3. The first-order chi connectivity index (χ1) is 19.9. The van der Waals surface area contributed by atoms with E-state index in [9.17, 15) is 19.5 Å². The van der Waals surface area contributed by atoms with Crippen molar-refractivity contribution in [1.29, 1.82) is 0 Å². The van der Waals surface area contributed by atoms with Crippen LogP contribution in [0.3, 0.4) is 0 Å².